The van der Waals surface area contributed by atoms with Crippen LogP contribution in [0.1, 0.15) is 84.6 Å². The van der Waals surface area contributed by atoms with E-state index >= 15 is 0 Å². The molecule has 0 spiro atoms. The number of ether oxygens (including phenoxy) is 1. The number of hydrogen-bond acceptors (Lipinski definition) is 2. The molecule has 0 radical (unpaired) electrons. The molecule has 4 heteroatoms. The topological polar surface area (TPSA) is 42.3 Å². The molecule has 1 aromatic carbocycles. The third-order valence-electron chi connectivity index (χ3n) is 5.55. The van der Waals surface area contributed by atoms with E-state index in [-0.39, 0.29) is 5.41 Å². The first-order valence-electron chi connectivity index (χ1n) is 11.3. The standard InChI is InChI=1S/C25H37N3O/c1-5-6-7-8-9-10-11-12-16-29-22-15-13-14-20(17-22)24-27-26-23-18-21(19-28(23)24)25(2,3)4/h13-15,17-19,26H,5-12,16H2,1-4H3. The summed E-state index contributed by atoms with van der Waals surface area (Å²) in [6.45, 7) is 9.74. The third-order valence-corrected chi connectivity index (χ3v) is 5.55. The van der Waals surface area contributed by atoms with Crippen molar-refractivity contribution in [2.75, 3.05) is 6.61 Å². The van der Waals surface area contributed by atoms with Crippen LogP contribution in [0.5, 0.6) is 5.75 Å². The molecule has 0 aliphatic rings. The van der Waals surface area contributed by atoms with Gasteiger partial charge < -0.3 is 4.74 Å². The number of nitrogens with zero attached hydrogens (tertiary/aromatic N) is 2. The second kappa shape index (κ2) is 10.00. The average molecular weight is 396 g/mol. The molecule has 0 unspecified atom stereocenters. The van der Waals surface area contributed by atoms with Gasteiger partial charge in [-0.1, -0.05) is 84.8 Å². The summed E-state index contributed by atoms with van der Waals surface area (Å²) in [6, 6.07) is 10.5. The van der Waals surface area contributed by atoms with E-state index in [1.54, 1.807) is 0 Å². The Bertz CT molecular complexity index is 885. The van der Waals surface area contributed by atoms with E-state index in [0.717, 1.165) is 35.8 Å². The summed E-state index contributed by atoms with van der Waals surface area (Å²) in [6.07, 6.45) is 12.7. The molecule has 3 aromatic rings. The molecule has 0 atom stereocenters. The fourth-order valence-corrected chi connectivity index (χ4v) is 3.65. The van der Waals surface area contributed by atoms with Gasteiger partial charge in [0.15, 0.2) is 5.82 Å². The molecular formula is C25H37N3O. The monoisotopic (exact) mass is 395 g/mol. The first-order chi connectivity index (χ1) is 14.0. The van der Waals surface area contributed by atoms with Crippen molar-refractivity contribution >= 4 is 5.65 Å². The van der Waals surface area contributed by atoms with Crippen molar-refractivity contribution in [2.24, 2.45) is 0 Å². The zero-order valence-corrected chi connectivity index (χ0v) is 18.6. The minimum absolute atomic E-state index is 0.116. The molecule has 0 fully saturated rings. The summed E-state index contributed by atoms with van der Waals surface area (Å²) < 4.78 is 8.15. The third kappa shape index (κ3) is 5.88. The summed E-state index contributed by atoms with van der Waals surface area (Å²) >= 11 is 0. The number of hydrogen-bond donors (Lipinski definition) is 1. The van der Waals surface area contributed by atoms with Crippen molar-refractivity contribution in [1.29, 1.82) is 0 Å². The summed E-state index contributed by atoms with van der Waals surface area (Å²) in [5.74, 6) is 1.85. The normalized spacial score (nSPS) is 12.0. The summed E-state index contributed by atoms with van der Waals surface area (Å²) in [5.41, 5.74) is 3.51. The van der Waals surface area contributed by atoms with Gasteiger partial charge in [-0.3, -0.25) is 9.50 Å². The molecule has 0 saturated heterocycles. The largest absolute Gasteiger partial charge is 0.494 e. The van der Waals surface area contributed by atoms with Gasteiger partial charge >= 0.3 is 0 Å². The van der Waals surface area contributed by atoms with E-state index in [1.165, 1.54) is 50.5 Å². The Kier molecular flexibility index (Phi) is 7.40. The van der Waals surface area contributed by atoms with Gasteiger partial charge in [-0.15, -0.1) is 0 Å². The SMILES string of the molecule is CCCCCCCCCCOc1cccc(-c2n[nH]c3cc(C(C)(C)C)cn23)c1. The maximum absolute atomic E-state index is 6.01. The smallest absolute Gasteiger partial charge is 0.166 e. The summed E-state index contributed by atoms with van der Waals surface area (Å²) in [7, 11) is 0. The highest BCUT2D eigenvalue weighted by molar-refractivity contribution is 5.62. The van der Waals surface area contributed by atoms with Crippen LogP contribution < -0.4 is 4.74 Å². The molecule has 158 valence electrons. The number of nitrogens with one attached hydrogen (secondary N) is 1. The molecule has 1 N–H and O–H groups in total. The van der Waals surface area contributed by atoms with E-state index in [1.807, 2.05) is 12.1 Å². The molecule has 2 aromatic heterocycles. The molecule has 0 aliphatic carbocycles. The second-order valence-corrected chi connectivity index (χ2v) is 9.13. The van der Waals surface area contributed by atoms with Crippen molar-refractivity contribution in [3.05, 3.63) is 42.1 Å². The van der Waals surface area contributed by atoms with Gasteiger partial charge in [0.1, 0.15) is 11.4 Å². The van der Waals surface area contributed by atoms with Gasteiger partial charge in [0.05, 0.1) is 6.61 Å². The van der Waals surface area contributed by atoms with E-state index in [2.05, 4.69) is 66.7 Å². The number of benzene rings is 1. The Balaban J connectivity index is 1.54. The number of H-pyrrole nitrogens is 1. The van der Waals surface area contributed by atoms with Crippen LogP contribution >= 0.6 is 0 Å². The molecule has 3 rings (SSSR count). The number of aromatic nitrogens is 3. The first-order valence-corrected chi connectivity index (χ1v) is 11.3. The predicted molar refractivity (Wildman–Crippen MR) is 122 cm³/mol. The van der Waals surface area contributed by atoms with Crippen LogP contribution in [-0.2, 0) is 5.41 Å². The predicted octanol–water partition coefficient (Wildman–Crippen LogP) is 7.15. The maximum Gasteiger partial charge on any atom is 0.166 e. The summed E-state index contributed by atoms with van der Waals surface area (Å²) in [5, 5.41) is 7.68. The number of unbranched alkanes of at least 4 members (excludes halogenated alkanes) is 7. The van der Waals surface area contributed by atoms with Gasteiger partial charge in [-0.05, 0) is 35.6 Å². The van der Waals surface area contributed by atoms with Gasteiger partial charge in [-0.2, -0.15) is 5.10 Å². The van der Waals surface area contributed by atoms with Crippen LogP contribution in [0.15, 0.2) is 36.5 Å². The average Bonchev–Trinajstić information content (AvgIpc) is 3.28. The van der Waals surface area contributed by atoms with Crippen LogP contribution in [0.25, 0.3) is 17.0 Å². The lowest BCUT2D eigenvalue weighted by Gasteiger charge is -2.15. The number of fused-ring (bicyclic) bond motifs is 1. The van der Waals surface area contributed by atoms with Gasteiger partial charge in [0.2, 0.25) is 0 Å². The Labute approximate surface area is 175 Å². The number of rotatable bonds is 11. The van der Waals surface area contributed by atoms with Gasteiger partial charge in [0, 0.05) is 11.8 Å². The molecule has 0 saturated carbocycles. The Morgan fingerprint density at radius 1 is 0.966 bits per heavy atom. The highest BCUT2D eigenvalue weighted by atomic mass is 16.5. The lowest BCUT2D eigenvalue weighted by atomic mass is 9.89. The van der Waals surface area contributed by atoms with Crippen molar-refractivity contribution in [1.82, 2.24) is 14.6 Å². The van der Waals surface area contributed by atoms with Crippen LogP contribution in [0.4, 0.5) is 0 Å². The zero-order valence-electron chi connectivity index (χ0n) is 18.6. The van der Waals surface area contributed by atoms with Crippen molar-refractivity contribution < 1.29 is 4.74 Å². The molecular weight excluding hydrogens is 358 g/mol. The molecule has 0 aliphatic heterocycles. The minimum atomic E-state index is 0.116. The lowest BCUT2D eigenvalue weighted by molar-refractivity contribution is 0.304. The van der Waals surface area contributed by atoms with Crippen molar-refractivity contribution in [2.45, 2.75) is 84.5 Å². The fraction of sp³-hybridized carbons (Fsp3) is 0.560. The number of aromatic amines is 1. The van der Waals surface area contributed by atoms with E-state index in [9.17, 15) is 0 Å². The van der Waals surface area contributed by atoms with Crippen LogP contribution in [0.3, 0.4) is 0 Å². The van der Waals surface area contributed by atoms with E-state index in [4.69, 9.17) is 4.74 Å². The maximum atomic E-state index is 6.01. The van der Waals surface area contributed by atoms with Crippen LogP contribution in [0.2, 0.25) is 0 Å². The molecule has 2 heterocycles. The Morgan fingerprint density at radius 2 is 1.69 bits per heavy atom. The Morgan fingerprint density at radius 3 is 2.41 bits per heavy atom. The first kappa shape index (κ1) is 21.5. The van der Waals surface area contributed by atoms with Crippen molar-refractivity contribution in [3.8, 4) is 17.1 Å². The second-order valence-electron chi connectivity index (χ2n) is 9.13. The Hall–Kier alpha value is -2.23. The van der Waals surface area contributed by atoms with Crippen LogP contribution in [0, 0.1) is 0 Å². The van der Waals surface area contributed by atoms with Crippen molar-refractivity contribution in [3.63, 3.8) is 0 Å². The van der Waals surface area contributed by atoms with Gasteiger partial charge in [0.25, 0.3) is 0 Å². The van der Waals surface area contributed by atoms with E-state index in [0.29, 0.717) is 0 Å². The van der Waals surface area contributed by atoms with E-state index < -0.39 is 0 Å². The highest BCUT2D eigenvalue weighted by Crippen LogP contribution is 2.28. The molecule has 0 bridgehead atoms. The lowest BCUT2D eigenvalue weighted by Crippen LogP contribution is -2.09. The summed E-state index contributed by atoms with van der Waals surface area (Å²) in [4.78, 5) is 0. The quantitative estimate of drug-likeness (QED) is 0.350. The van der Waals surface area contributed by atoms with Crippen LogP contribution in [-0.4, -0.2) is 21.2 Å². The van der Waals surface area contributed by atoms with Gasteiger partial charge in [-0.25, -0.2) is 0 Å². The zero-order chi connectivity index (χ0) is 20.7. The molecule has 0 amide bonds. The molecule has 4 nitrogen and oxygen atoms in total. The molecule has 29 heavy (non-hydrogen) atoms. The minimum Gasteiger partial charge on any atom is -0.494 e. The fourth-order valence-electron chi connectivity index (χ4n) is 3.65. The highest BCUT2D eigenvalue weighted by Gasteiger charge is 2.18.